The van der Waals surface area contributed by atoms with Gasteiger partial charge in [-0.1, -0.05) is 19.1 Å². The van der Waals surface area contributed by atoms with Crippen molar-refractivity contribution in [1.29, 1.82) is 0 Å². The molecule has 1 N–H and O–H groups in total. The molecule has 1 amide bonds. The first-order valence-corrected chi connectivity index (χ1v) is 10.4. The average Bonchev–Trinajstić information content (AvgIpc) is 3.01. The fraction of sp³-hybridized carbons (Fsp3) is 0.435. The molecular formula is C23H28N4O2. The van der Waals surface area contributed by atoms with Crippen LogP contribution in [-0.2, 0) is 11.2 Å². The molecule has 6 nitrogen and oxygen atoms in total. The van der Waals surface area contributed by atoms with Crippen LogP contribution >= 0.6 is 0 Å². The lowest BCUT2D eigenvalue weighted by Gasteiger charge is -2.33. The number of aromatic nitrogens is 2. The van der Waals surface area contributed by atoms with Crippen LogP contribution < -0.4 is 10.2 Å². The number of carbonyl (C=O) groups excluding carboxylic acids is 1. The molecule has 0 saturated carbocycles. The molecule has 1 aromatic carbocycles. The van der Waals surface area contributed by atoms with Gasteiger partial charge in [-0.05, 0) is 57.7 Å². The third-order valence-electron chi connectivity index (χ3n) is 5.82. The van der Waals surface area contributed by atoms with Crippen molar-refractivity contribution in [2.24, 2.45) is 5.92 Å². The molecule has 1 aliphatic rings. The van der Waals surface area contributed by atoms with Crippen molar-refractivity contribution in [3.8, 4) is 0 Å². The molecule has 152 valence electrons. The number of hydrogen-bond acceptors (Lipinski definition) is 5. The smallest absolute Gasteiger partial charge is 0.231 e. The quantitative estimate of drug-likeness (QED) is 0.704. The molecule has 0 spiro atoms. The van der Waals surface area contributed by atoms with E-state index >= 15 is 0 Å². The van der Waals surface area contributed by atoms with Gasteiger partial charge in [0.2, 0.25) is 11.6 Å². The van der Waals surface area contributed by atoms with E-state index in [-0.39, 0.29) is 11.8 Å². The van der Waals surface area contributed by atoms with Crippen molar-refractivity contribution in [3.63, 3.8) is 0 Å². The zero-order chi connectivity index (χ0) is 20.5. The van der Waals surface area contributed by atoms with Gasteiger partial charge < -0.3 is 14.6 Å². The molecule has 3 heterocycles. The summed E-state index contributed by atoms with van der Waals surface area (Å²) in [6.07, 6.45) is 2.79. The first-order chi connectivity index (χ1) is 14.0. The zero-order valence-corrected chi connectivity index (χ0v) is 17.6. The molecule has 4 rings (SSSR count). The Morgan fingerprint density at radius 2 is 2.10 bits per heavy atom. The Morgan fingerprint density at radius 3 is 2.90 bits per heavy atom. The predicted octanol–water partition coefficient (Wildman–Crippen LogP) is 4.57. The molecule has 6 heteroatoms. The first-order valence-electron chi connectivity index (χ1n) is 10.4. The van der Waals surface area contributed by atoms with E-state index in [2.05, 4.69) is 28.2 Å². The average molecular weight is 393 g/mol. The molecule has 1 fully saturated rings. The molecule has 3 aromatic rings. The van der Waals surface area contributed by atoms with E-state index in [4.69, 9.17) is 9.40 Å². The maximum atomic E-state index is 13.0. The van der Waals surface area contributed by atoms with E-state index < -0.39 is 0 Å². The van der Waals surface area contributed by atoms with Crippen molar-refractivity contribution in [2.75, 3.05) is 23.3 Å². The second-order valence-electron chi connectivity index (χ2n) is 7.89. The predicted molar refractivity (Wildman–Crippen MR) is 115 cm³/mol. The van der Waals surface area contributed by atoms with Crippen LogP contribution in [0, 0.1) is 26.7 Å². The number of amides is 1. The van der Waals surface area contributed by atoms with Gasteiger partial charge >= 0.3 is 0 Å². The summed E-state index contributed by atoms with van der Waals surface area (Å²) in [5, 5.41) is 4.07. The van der Waals surface area contributed by atoms with E-state index in [1.54, 1.807) is 0 Å². The Bertz CT molecular complexity index is 1060. The van der Waals surface area contributed by atoms with Gasteiger partial charge in [0.05, 0.1) is 11.3 Å². The number of fused-ring (bicyclic) bond motifs is 1. The van der Waals surface area contributed by atoms with Gasteiger partial charge in [0, 0.05) is 24.3 Å². The van der Waals surface area contributed by atoms with Gasteiger partial charge in [-0.25, -0.2) is 4.98 Å². The highest BCUT2D eigenvalue weighted by atomic mass is 16.3. The summed E-state index contributed by atoms with van der Waals surface area (Å²) >= 11 is 0. The zero-order valence-electron chi connectivity index (χ0n) is 17.6. The highest BCUT2D eigenvalue weighted by molar-refractivity contribution is 5.94. The molecule has 0 aliphatic carbocycles. The molecule has 0 unspecified atom stereocenters. The van der Waals surface area contributed by atoms with Gasteiger partial charge in [0.25, 0.3) is 0 Å². The third-order valence-corrected chi connectivity index (χ3v) is 5.82. The minimum absolute atomic E-state index is 0.0741. The number of rotatable bonds is 4. The molecule has 0 radical (unpaired) electrons. The van der Waals surface area contributed by atoms with Crippen LogP contribution in [0.5, 0.6) is 0 Å². The lowest BCUT2D eigenvalue weighted by Crippen LogP contribution is -2.41. The van der Waals surface area contributed by atoms with E-state index in [1.165, 1.54) is 5.56 Å². The molecule has 0 bridgehead atoms. The highest BCUT2D eigenvalue weighted by Gasteiger charge is 2.29. The number of anilines is 2. The van der Waals surface area contributed by atoms with Gasteiger partial charge in [-0.3, -0.25) is 4.79 Å². The van der Waals surface area contributed by atoms with E-state index in [1.807, 2.05) is 39.0 Å². The monoisotopic (exact) mass is 392 g/mol. The summed E-state index contributed by atoms with van der Waals surface area (Å²) in [6, 6.07) is 8.07. The Hall–Kier alpha value is -2.89. The van der Waals surface area contributed by atoms with Gasteiger partial charge in [-0.15, -0.1) is 0 Å². The summed E-state index contributed by atoms with van der Waals surface area (Å²) < 4.78 is 5.83. The lowest BCUT2D eigenvalue weighted by molar-refractivity contribution is -0.120. The lowest BCUT2D eigenvalue weighted by atomic mass is 9.96. The second kappa shape index (κ2) is 7.85. The van der Waals surface area contributed by atoms with Crippen molar-refractivity contribution in [2.45, 2.75) is 47.0 Å². The van der Waals surface area contributed by atoms with Crippen molar-refractivity contribution in [1.82, 2.24) is 9.97 Å². The van der Waals surface area contributed by atoms with Crippen LogP contribution in [0.15, 0.2) is 28.7 Å². The van der Waals surface area contributed by atoms with Crippen molar-refractivity contribution >= 4 is 28.5 Å². The number of carbonyl (C=O) groups is 1. The number of nitrogens with one attached hydrogen (secondary N) is 1. The topological polar surface area (TPSA) is 71.3 Å². The molecule has 29 heavy (non-hydrogen) atoms. The number of benzene rings is 1. The number of nitrogens with zero attached hydrogens (tertiary/aromatic N) is 3. The Balaban J connectivity index is 1.57. The van der Waals surface area contributed by atoms with E-state index in [9.17, 15) is 4.79 Å². The SMILES string of the molecule is CCc1cccc(NC(=O)[C@@H]2CCCN(c3nc(C)nc4oc(C)c(C)c34)C2)c1. The van der Waals surface area contributed by atoms with Gasteiger partial charge in [-0.2, -0.15) is 4.98 Å². The summed E-state index contributed by atoms with van der Waals surface area (Å²) in [6.45, 7) is 9.51. The van der Waals surface area contributed by atoms with Crippen LogP contribution in [-0.4, -0.2) is 29.0 Å². The normalized spacial score (nSPS) is 17.0. The summed E-state index contributed by atoms with van der Waals surface area (Å²) in [4.78, 5) is 24.4. The van der Waals surface area contributed by atoms with E-state index in [0.29, 0.717) is 18.1 Å². The molecule has 2 aromatic heterocycles. The largest absolute Gasteiger partial charge is 0.443 e. The second-order valence-corrected chi connectivity index (χ2v) is 7.89. The third kappa shape index (κ3) is 3.84. The molecule has 1 saturated heterocycles. The number of piperidine rings is 1. The minimum Gasteiger partial charge on any atom is -0.443 e. The number of furan rings is 1. The fourth-order valence-electron chi connectivity index (χ4n) is 4.06. The van der Waals surface area contributed by atoms with Crippen LogP contribution in [0.3, 0.4) is 0 Å². The standard InChI is InChI=1S/C23H28N4O2/c1-5-17-8-6-10-19(12-17)26-22(28)18-9-7-11-27(13-18)21-20-14(2)15(3)29-23(20)25-16(4)24-21/h6,8,10,12,18H,5,7,9,11,13H2,1-4H3,(H,26,28)/t18-/m1/s1. The molecular weight excluding hydrogens is 364 g/mol. The number of hydrogen-bond donors (Lipinski definition) is 1. The Kier molecular flexibility index (Phi) is 5.26. The fourth-order valence-corrected chi connectivity index (χ4v) is 4.06. The maximum absolute atomic E-state index is 13.0. The summed E-state index contributed by atoms with van der Waals surface area (Å²) in [5.41, 5.74) is 3.79. The Morgan fingerprint density at radius 1 is 1.28 bits per heavy atom. The first kappa shape index (κ1) is 19.4. The maximum Gasteiger partial charge on any atom is 0.231 e. The van der Waals surface area contributed by atoms with Crippen LogP contribution in [0.2, 0.25) is 0 Å². The van der Waals surface area contributed by atoms with Crippen molar-refractivity contribution < 1.29 is 9.21 Å². The molecule has 1 aliphatic heterocycles. The molecule has 1 atom stereocenters. The van der Waals surface area contributed by atoms with Crippen LogP contribution in [0.1, 0.15) is 42.5 Å². The number of aryl methyl sites for hydroxylation is 4. The van der Waals surface area contributed by atoms with Crippen molar-refractivity contribution in [3.05, 3.63) is 47.0 Å². The summed E-state index contributed by atoms with van der Waals surface area (Å²) in [7, 11) is 0. The summed E-state index contributed by atoms with van der Waals surface area (Å²) in [5.74, 6) is 2.43. The highest BCUT2D eigenvalue weighted by Crippen LogP contribution is 2.33. The van der Waals surface area contributed by atoms with Gasteiger partial charge in [0.15, 0.2) is 0 Å². The van der Waals surface area contributed by atoms with Crippen LogP contribution in [0.4, 0.5) is 11.5 Å². The van der Waals surface area contributed by atoms with Gasteiger partial charge in [0.1, 0.15) is 17.4 Å². The Labute approximate surface area is 171 Å². The van der Waals surface area contributed by atoms with E-state index in [0.717, 1.165) is 54.0 Å². The van der Waals surface area contributed by atoms with Crippen LogP contribution in [0.25, 0.3) is 11.1 Å². The minimum atomic E-state index is -0.0762.